The van der Waals surface area contributed by atoms with Crippen molar-refractivity contribution in [3.05, 3.63) is 39.0 Å². The van der Waals surface area contributed by atoms with Gasteiger partial charge in [0.05, 0.1) is 27.9 Å². The number of hydrogen-bond donors (Lipinski definition) is 0. The molecule has 0 aliphatic rings. The van der Waals surface area contributed by atoms with Gasteiger partial charge in [0.25, 0.3) is 0 Å². The maximum atomic E-state index is 4.25. The van der Waals surface area contributed by atoms with Gasteiger partial charge in [0.2, 0.25) is 0 Å². The third-order valence-corrected chi connectivity index (χ3v) is 3.92. The highest BCUT2D eigenvalue weighted by Gasteiger charge is 2.08. The van der Waals surface area contributed by atoms with Crippen LogP contribution in [0.2, 0.25) is 0 Å². The van der Waals surface area contributed by atoms with Gasteiger partial charge >= 0.3 is 0 Å². The first-order chi connectivity index (χ1) is 7.68. The van der Waals surface area contributed by atoms with E-state index in [2.05, 4.69) is 37.8 Å². The molecule has 0 aliphatic heterocycles. The lowest BCUT2D eigenvalue weighted by Gasteiger charge is -2.19. The molecule has 3 nitrogen and oxygen atoms in total. The third-order valence-electron chi connectivity index (χ3n) is 2.39. The summed E-state index contributed by atoms with van der Waals surface area (Å²) >= 11 is 5.20. The van der Waals surface area contributed by atoms with E-state index in [1.807, 2.05) is 24.7 Å². The van der Waals surface area contributed by atoms with Crippen LogP contribution in [0, 0.1) is 6.92 Å². The van der Waals surface area contributed by atoms with Crippen LogP contribution < -0.4 is 4.90 Å². The van der Waals surface area contributed by atoms with Crippen LogP contribution >= 0.6 is 27.3 Å². The molecule has 2 rings (SSSR count). The molecular weight excluding hydrogens is 286 g/mol. The normalized spacial score (nSPS) is 10.4. The predicted molar refractivity (Wildman–Crippen MR) is 70.9 cm³/mol. The number of rotatable bonds is 3. The van der Waals surface area contributed by atoms with Crippen molar-refractivity contribution in [1.29, 1.82) is 0 Å². The van der Waals surface area contributed by atoms with Crippen LogP contribution in [-0.2, 0) is 6.54 Å². The molecule has 0 amide bonds. The fraction of sp³-hybridized carbons (Fsp3) is 0.273. The zero-order valence-corrected chi connectivity index (χ0v) is 11.5. The van der Waals surface area contributed by atoms with Crippen molar-refractivity contribution in [2.45, 2.75) is 13.5 Å². The predicted octanol–water partition coefficient (Wildman–Crippen LogP) is 3.25. The van der Waals surface area contributed by atoms with Crippen LogP contribution in [0.4, 0.5) is 5.69 Å². The summed E-state index contributed by atoms with van der Waals surface area (Å²) in [5.74, 6) is 0. The molecule has 0 unspecified atom stereocenters. The molecule has 0 spiro atoms. The first kappa shape index (κ1) is 11.5. The van der Waals surface area contributed by atoms with Crippen molar-refractivity contribution in [3.63, 3.8) is 0 Å². The molecule has 0 aromatic carbocycles. The standard InChI is InChI=1S/C11H12BrN3S/c1-8-11(16-7-14-8)6-15(2)10-3-4-13-5-9(10)12/h3-5,7H,6H2,1-2H3. The van der Waals surface area contributed by atoms with Gasteiger partial charge in [-0.05, 0) is 28.9 Å². The maximum Gasteiger partial charge on any atom is 0.0798 e. The van der Waals surface area contributed by atoms with Crippen LogP contribution in [0.15, 0.2) is 28.4 Å². The van der Waals surface area contributed by atoms with Gasteiger partial charge in [-0.2, -0.15) is 0 Å². The minimum absolute atomic E-state index is 0.874. The summed E-state index contributed by atoms with van der Waals surface area (Å²) in [7, 11) is 2.07. The number of thiazole rings is 1. The Kier molecular flexibility index (Phi) is 3.56. The van der Waals surface area contributed by atoms with Crippen molar-refractivity contribution >= 4 is 33.0 Å². The Morgan fingerprint density at radius 1 is 1.50 bits per heavy atom. The van der Waals surface area contributed by atoms with Gasteiger partial charge in [-0.1, -0.05) is 0 Å². The Morgan fingerprint density at radius 2 is 2.31 bits per heavy atom. The van der Waals surface area contributed by atoms with Gasteiger partial charge in [0.1, 0.15) is 0 Å². The Balaban J connectivity index is 2.18. The Hall–Kier alpha value is -0.940. The maximum absolute atomic E-state index is 4.25. The summed E-state index contributed by atoms with van der Waals surface area (Å²) < 4.78 is 1.01. The zero-order chi connectivity index (χ0) is 11.5. The summed E-state index contributed by atoms with van der Waals surface area (Å²) in [6.07, 6.45) is 3.61. The SMILES string of the molecule is Cc1ncsc1CN(C)c1ccncc1Br. The number of aromatic nitrogens is 2. The molecular formula is C11H12BrN3S. The van der Waals surface area contributed by atoms with Crippen LogP contribution in [0.1, 0.15) is 10.6 Å². The second kappa shape index (κ2) is 4.93. The molecule has 0 saturated carbocycles. The summed E-state index contributed by atoms with van der Waals surface area (Å²) in [4.78, 5) is 11.8. The molecule has 0 bridgehead atoms. The molecule has 2 aromatic rings. The second-order valence-corrected chi connectivity index (χ2v) is 5.34. The molecule has 0 fully saturated rings. The van der Waals surface area contributed by atoms with Crippen LogP contribution in [0.3, 0.4) is 0 Å². The smallest absolute Gasteiger partial charge is 0.0798 e. The minimum atomic E-state index is 0.874. The van der Waals surface area contributed by atoms with Crippen molar-refractivity contribution in [3.8, 4) is 0 Å². The van der Waals surface area contributed by atoms with E-state index >= 15 is 0 Å². The quantitative estimate of drug-likeness (QED) is 0.871. The van der Waals surface area contributed by atoms with Crippen molar-refractivity contribution in [1.82, 2.24) is 9.97 Å². The number of anilines is 1. The number of pyridine rings is 1. The average molecular weight is 298 g/mol. The van der Waals surface area contributed by atoms with Gasteiger partial charge in [0, 0.05) is 24.3 Å². The van der Waals surface area contributed by atoms with Gasteiger partial charge in [0.15, 0.2) is 0 Å². The van der Waals surface area contributed by atoms with Gasteiger partial charge in [-0.3, -0.25) is 4.98 Å². The Morgan fingerprint density at radius 3 is 2.94 bits per heavy atom. The molecule has 84 valence electrons. The van der Waals surface area contributed by atoms with E-state index in [9.17, 15) is 0 Å². The summed E-state index contributed by atoms with van der Waals surface area (Å²) in [5.41, 5.74) is 4.14. The molecule has 16 heavy (non-hydrogen) atoms. The lowest BCUT2D eigenvalue weighted by molar-refractivity contribution is 0.920. The van der Waals surface area contributed by atoms with Crippen molar-refractivity contribution in [2.24, 2.45) is 0 Å². The van der Waals surface area contributed by atoms with Crippen LogP contribution in [-0.4, -0.2) is 17.0 Å². The highest BCUT2D eigenvalue weighted by atomic mass is 79.9. The largest absolute Gasteiger partial charge is 0.368 e. The van der Waals surface area contributed by atoms with Crippen LogP contribution in [0.25, 0.3) is 0 Å². The van der Waals surface area contributed by atoms with E-state index in [-0.39, 0.29) is 0 Å². The van der Waals surface area contributed by atoms with Crippen LogP contribution in [0.5, 0.6) is 0 Å². The molecule has 0 saturated heterocycles. The first-order valence-electron chi connectivity index (χ1n) is 4.88. The zero-order valence-electron chi connectivity index (χ0n) is 9.14. The summed E-state index contributed by atoms with van der Waals surface area (Å²) in [5, 5.41) is 0. The lowest BCUT2D eigenvalue weighted by atomic mass is 10.3. The Bertz CT molecular complexity index is 484. The minimum Gasteiger partial charge on any atom is -0.368 e. The van der Waals surface area contributed by atoms with E-state index in [4.69, 9.17) is 0 Å². The molecule has 2 aromatic heterocycles. The van der Waals surface area contributed by atoms with Gasteiger partial charge in [-0.15, -0.1) is 11.3 Å². The number of aryl methyl sites for hydroxylation is 1. The second-order valence-electron chi connectivity index (χ2n) is 3.54. The highest BCUT2D eigenvalue weighted by Crippen LogP contribution is 2.26. The summed E-state index contributed by atoms with van der Waals surface area (Å²) in [6, 6.07) is 2.00. The monoisotopic (exact) mass is 297 g/mol. The fourth-order valence-corrected chi connectivity index (χ4v) is 2.84. The van der Waals surface area contributed by atoms with Crippen molar-refractivity contribution in [2.75, 3.05) is 11.9 Å². The third kappa shape index (κ3) is 2.41. The van der Waals surface area contributed by atoms with E-state index < -0.39 is 0 Å². The summed E-state index contributed by atoms with van der Waals surface area (Å²) in [6.45, 7) is 2.92. The van der Waals surface area contributed by atoms with Crippen molar-refractivity contribution < 1.29 is 0 Å². The van der Waals surface area contributed by atoms with E-state index in [0.29, 0.717) is 0 Å². The molecule has 0 radical (unpaired) electrons. The molecule has 2 heterocycles. The molecule has 0 aliphatic carbocycles. The highest BCUT2D eigenvalue weighted by molar-refractivity contribution is 9.10. The number of nitrogens with zero attached hydrogens (tertiary/aromatic N) is 3. The molecule has 0 N–H and O–H groups in total. The van der Waals surface area contributed by atoms with Gasteiger partial charge in [-0.25, -0.2) is 4.98 Å². The first-order valence-corrected chi connectivity index (χ1v) is 6.55. The molecule has 0 atom stereocenters. The average Bonchev–Trinajstić information content (AvgIpc) is 2.65. The lowest BCUT2D eigenvalue weighted by Crippen LogP contribution is -2.16. The van der Waals surface area contributed by atoms with Gasteiger partial charge < -0.3 is 4.90 Å². The van der Waals surface area contributed by atoms with E-state index in [1.54, 1.807) is 17.5 Å². The molecule has 5 heteroatoms. The van der Waals surface area contributed by atoms with E-state index in [1.165, 1.54) is 4.88 Å². The number of hydrogen-bond acceptors (Lipinski definition) is 4. The number of halogens is 1. The Labute approximate surface area is 107 Å². The fourth-order valence-electron chi connectivity index (χ4n) is 1.46. The van der Waals surface area contributed by atoms with E-state index in [0.717, 1.165) is 22.4 Å². The topological polar surface area (TPSA) is 29.0 Å².